The summed E-state index contributed by atoms with van der Waals surface area (Å²) in [6.45, 7) is 5.15. The summed E-state index contributed by atoms with van der Waals surface area (Å²) in [5.41, 5.74) is 1.50. The second-order valence-corrected chi connectivity index (χ2v) is 12.6. The van der Waals surface area contributed by atoms with Crippen molar-refractivity contribution in [2.24, 2.45) is 0 Å². The molecule has 1 aliphatic heterocycles. The minimum absolute atomic E-state index is 0.0106. The maximum absolute atomic E-state index is 14.0. The van der Waals surface area contributed by atoms with Crippen molar-refractivity contribution in [1.29, 1.82) is 0 Å². The van der Waals surface area contributed by atoms with Crippen LogP contribution in [0.25, 0.3) is 0 Å². The summed E-state index contributed by atoms with van der Waals surface area (Å²) < 4.78 is 42.7. The number of sulfonamides is 1. The molecule has 0 bridgehead atoms. The Kier molecular flexibility index (Phi) is 9.90. The lowest BCUT2D eigenvalue weighted by atomic mass is 10.2. The Morgan fingerprint density at radius 2 is 1.65 bits per heavy atom. The van der Waals surface area contributed by atoms with Gasteiger partial charge in [0.15, 0.2) is 5.75 Å². The number of hydrogen-bond acceptors (Lipinski definition) is 7. The first-order valence-corrected chi connectivity index (χ1v) is 16.0. The van der Waals surface area contributed by atoms with Gasteiger partial charge in [-0.2, -0.15) is 8.42 Å². The second-order valence-electron chi connectivity index (χ2n) is 9.93. The van der Waals surface area contributed by atoms with Crippen molar-refractivity contribution >= 4 is 43.2 Å². The smallest absolute Gasteiger partial charge is 0.295 e. The molecule has 0 saturated carbocycles. The van der Waals surface area contributed by atoms with Crippen molar-refractivity contribution in [2.45, 2.75) is 11.3 Å². The third kappa shape index (κ3) is 7.89. The van der Waals surface area contributed by atoms with Crippen molar-refractivity contribution in [2.75, 3.05) is 48.6 Å². The number of piperazine rings is 1. The first-order valence-electron chi connectivity index (χ1n) is 13.8. The summed E-state index contributed by atoms with van der Waals surface area (Å²) in [4.78, 5) is 27.2. The number of rotatable bonds is 11. The van der Waals surface area contributed by atoms with Crippen LogP contribution >= 0.6 is 15.9 Å². The van der Waals surface area contributed by atoms with Gasteiger partial charge < -0.3 is 15.1 Å². The Hall–Kier alpha value is -4.00. The molecule has 224 valence electrons. The van der Waals surface area contributed by atoms with Gasteiger partial charge in [0, 0.05) is 66.9 Å². The van der Waals surface area contributed by atoms with Gasteiger partial charge in [0.05, 0.1) is 10.6 Å². The number of halogens is 2. The van der Waals surface area contributed by atoms with Crippen LogP contribution < -0.4 is 19.5 Å². The fourth-order valence-corrected chi connectivity index (χ4v) is 6.20. The molecule has 1 N–H and O–H groups in total. The van der Waals surface area contributed by atoms with E-state index in [-0.39, 0.29) is 22.2 Å². The van der Waals surface area contributed by atoms with Crippen LogP contribution in [0.5, 0.6) is 5.75 Å². The van der Waals surface area contributed by atoms with Gasteiger partial charge in [-0.15, -0.1) is 0 Å². The lowest BCUT2D eigenvalue weighted by molar-refractivity contribution is 0.0951. The fourth-order valence-electron chi connectivity index (χ4n) is 4.69. The van der Waals surface area contributed by atoms with Gasteiger partial charge in [-0.1, -0.05) is 26.5 Å². The van der Waals surface area contributed by atoms with Crippen molar-refractivity contribution in [3.05, 3.63) is 113 Å². The molecule has 0 atom stereocenters. The highest BCUT2D eigenvalue weighted by atomic mass is 79.9. The van der Waals surface area contributed by atoms with E-state index in [2.05, 4.69) is 36.0 Å². The van der Waals surface area contributed by atoms with Gasteiger partial charge in [-0.05, 0) is 85.8 Å². The molecule has 0 radical (unpaired) electrons. The number of carbonyl (C=O) groups is 1. The number of anilines is 2. The molecule has 1 saturated heterocycles. The molecule has 1 fully saturated rings. The van der Waals surface area contributed by atoms with Gasteiger partial charge in [-0.25, -0.2) is 4.39 Å². The Morgan fingerprint density at radius 3 is 2.33 bits per heavy atom. The number of amides is 1. The van der Waals surface area contributed by atoms with E-state index in [1.807, 2.05) is 12.1 Å². The largest absolute Gasteiger partial charge is 0.369 e. The van der Waals surface area contributed by atoms with Gasteiger partial charge in [0.1, 0.15) is 5.82 Å². The Morgan fingerprint density at radius 1 is 0.953 bits per heavy atom. The van der Waals surface area contributed by atoms with Crippen molar-refractivity contribution in [3.8, 4) is 5.75 Å². The van der Waals surface area contributed by atoms with Crippen LogP contribution in [0.3, 0.4) is 0 Å². The quantitative estimate of drug-likeness (QED) is 0.175. The summed E-state index contributed by atoms with van der Waals surface area (Å²) in [5, 5.41) is 2.91. The number of nitrogens with zero attached hydrogens (tertiary/aromatic N) is 4. The summed E-state index contributed by atoms with van der Waals surface area (Å²) in [5.74, 6) is -0.668. The first-order chi connectivity index (χ1) is 20.8. The average molecular weight is 669 g/mol. The molecule has 1 aromatic heterocycles. The predicted molar refractivity (Wildman–Crippen MR) is 167 cm³/mol. The van der Waals surface area contributed by atoms with Crippen LogP contribution in [0.15, 0.2) is 107 Å². The van der Waals surface area contributed by atoms with Crippen LogP contribution in [0.4, 0.5) is 15.8 Å². The predicted octanol–water partition coefficient (Wildman–Crippen LogP) is 5.11. The van der Waals surface area contributed by atoms with E-state index >= 15 is 0 Å². The Labute approximate surface area is 259 Å². The van der Waals surface area contributed by atoms with Crippen LogP contribution in [-0.2, 0) is 10.0 Å². The van der Waals surface area contributed by atoms with E-state index in [1.165, 1.54) is 48.2 Å². The number of nitrogens with one attached hydrogen (secondary N) is 1. The van der Waals surface area contributed by atoms with Crippen LogP contribution in [0.2, 0.25) is 0 Å². The fraction of sp³-hybridized carbons (Fsp3) is 0.226. The van der Waals surface area contributed by atoms with E-state index in [9.17, 15) is 17.6 Å². The molecule has 1 aliphatic rings. The van der Waals surface area contributed by atoms with E-state index in [4.69, 9.17) is 4.84 Å². The summed E-state index contributed by atoms with van der Waals surface area (Å²) in [6.07, 6.45) is 4.40. The zero-order valence-corrected chi connectivity index (χ0v) is 25.7. The third-order valence-electron chi connectivity index (χ3n) is 6.99. The molecule has 0 aliphatic carbocycles. The topological polar surface area (TPSA) is 95.1 Å². The number of aromatic nitrogens is 1. The SMILES string of the molecule is O=C(NCCCN1CCN(c2ccncc2)CC1)c1ccc(S(=O)(=O)N(Oc2ccc(Br)cc2)c2cccc(F)c2)cc1. The standard InChI is InChI=1S/C31H31BrFN5O4S/c32-25-7-9-29(10-8-25)42-38(28-4-1-3-26(33)23-28)43(40,41)30-11-5-24(6-12-30)31(39)35-15-2-18-36-19-21-37(22-20-36)27-13-16-34-17-14-27/h1,3-14,16-17,23H,2,15,18-22H2,(H,35,39). The highest BCUT2D eigenvalue weighted by molar-refractivity contribution is 9.10. The monoisotopic (exact) mass is 667 g/mol. The van der Waals surface area contributed by atoms with Crippen LogP contribution in [-0.4, -0.2) is 63.5 Å². The summed E-state index contributed by atoms with van der Waals surface area (Å²) >= 11 is 3.33. The lowest BCUT2D eigenvalue weighted by Crippen LogP contribution is -2.47. The highest BCUT2D eigenvalue weighted by Gasteiger charge is 2.28. The Balaban J connectivity index is 1.16. The molecule has 1 amide bonds. The number of hydrogen-bond donors (Lipinski definition) is 1. The molecule has 9 nitrogen and oxygen atoms in total. The molecule has 2 heterocycles. The average Bonchev–Trinajstić information content (AvgIpc) is 3.03. The third-order valence-corrected chi connectivity index (χ3v) is 9.11. The summed E-state index contributed by atoms with van der Waals surface area (Å²) in [7, 11) is -4.29. The van der Waals surface area contributed by atoms with Crippen molar-refractivity contribution < 1.29 is 22.4 Å². The molecule has 43 heavy (non-hydrogen) atoms. The number of pyridine rings is 1. The lowest BCUT2D eigenvalue weighted by Gasteiger charge is -2.36. The van der Waals surface area contributed by atoms with E-state index in [1.54, 1.807) is 36.7 Å². The number of benzene rings is 3. The van der Waals surface area contributed by atoms with Gasteiger partial charge in [-0.3, -0.25) is 14.7 Å². The van der Waals surface area contributed by atoms with Gasteiger partial charge in [0.2, 0.25) is 0 Å². The molecule has 4 aromatic rings. The van der Waals surface area contributed by atoms with Gasteiger partial charge >= 0.3 is 0 Å². The van der Waals surface area contributed by atoms with Crippen LogP contribution in [0.1, 0.15) is 16.8 Å². The van der Waals surface area contributed by atoms with Crippen molar-refractivity contribution in [1.82, 2.24) is 15.2 Å². The molecule has 12 heteroatoms. The van der Waals surface area contributed by atoms with Crippen molar-refractivity contribution in [3.63, 3.8) is 0 Å². The van der Waals surface area contributed by atoms with E-state index in [0.717, 1.165) is 49.7 Å². The second kappa shape index (κ2) is 14.0. The highest BCUT2D eigenvalue weighted by Crippen LogP contribution is 2.28. The molecule has 0 spiro atoms. The first kappa shape index (κ1) is 30.5. The zero-order chi connectivity index (χ0) is 30.2. The summed E-state index contributed by atoms with van der Waals surface area (Å²) in [6, 6.07) is 21.3. The molecule has 5 rings (SSSR count). The normalized spacial score (nSPS) is 13.9. The van der Waals surface area contributed by atoms with Gasteiger partial charge in [0.25, 0.3) is 15.9 Å². The maximum atomic E-state index is 14.0. The van der Waals surface area contributed by atoms with E-state index < -0.39 is 15.8 Å². The minimum atomic E-state index is -4.29. The van der Waals surface area contributed by atoms with Crippen LogP contribution in [0, 0.1) is 5.82 Å². The van der Waals surface area contributed by atoms with E-state index in [0.29, 0.717) is 16.6 Å². The molecule has 3 aromatic carbocycles. The number of carbonyl (C=O) groups excluding carboxylic acids is 1. The minimum Gasteiger partial charge on any atom is -0.369 e. The zero-order valence-electron chi connectivity index (χ0n) is 23.3. The maximum Gasteiger partial charge on any atom is 0.295 e. The molecule has 0 unspecified atom stereocenters. The molecular formula is C31H31BrFN5O4S. The Bertz CT molecular complexity index is 1620. The molecular weight excluding hydrogens is 637 g/mol.